The molecule has 5 nitrogen and oxygen atoms in total. The Bertz CT molecular complexity index is 625. The van der Waals surface area contributed by atoms with Crippen LogP contribution in [0.4, 0.5) is 0 Å². The van der Waals surface area contributed by atoms with Crippen molar-refractivity contribution in [1.82, 2.24) is 4.57 Å². The van der Waals surface area contributed by atoms with Crippen molar-refractivity contribution < 1.29 is 9.52 Å². The fourth-order valence-corrected chi connectivity index (χ4v) is 1.88. The number of aryl methyl sites for hydroxylation is 1. The molecule has 1 atom stereocenters. The molecule has 0 amide bonds. The van der Waals surface area contributed by atoms with Gasteiger partial charge in [0.2, 0.25) is 0 Å². The van der Waals surface area contributed by atoms with Gasteiger partial charge in [0.05, 0.1) is 11.6 Å². The minimum absolute atomic E-state index is 0.372. The van der Waals surface area contributed by atoms with Crippen LogP contribution in [0, 0.1) is 5.41 Å². The van der Waals surface area contributed by atoms with E-state index in [0.29, 0.717) is 17.6 Å². The number of rotatable bonds is 3. The first-order valence-electron chi connectivity index (χ1n) is 5.84. The van der Waals surface area contributed by atoms with E-state index in [-0.39, 0.29) is 0 Å². The van der Waals surface area contributed by atoms with Crippen LogP contribution in [0.15, 0.2) is 27.4 Å². The molecule has 18 heavy (non-hydrogen) atoms. The Morgan fingerprint density at radius 3 is 2.78 bits per heavy atom. The van der Waals surface area contributed by atoms with Gasteiger partial charge in [-0.05, 0) is 17.7 Å². The molecule has 2 rings (SSSR count). The summed E-state index contributed by atoms with van der Waals surface area (Å²) in [4.78, 5) is 11.4. The average molecular weight is 250 g/mol. The van der Waals surface area contributed by atoms with Crippen molar-refractivity contribution in [3.8, 4) is 0 Å². The number of hydrogen-bond acceptors (Lipinski definition) is 4. The third kappa shape index (κ3) is 1.95. The van der Waals surface area contributed by atoms with Crippen LogP contribution in [0.2, 0.25) is 0 Å². The van der Waals surface area contributed by atoms with Crippen LogP contribution in [-0.2, 0) is 7.05 Å². The maximum absolute atomic E-state index is 11.4. The molecule has 0 aliphatic heterocycles. The molecule has 3 N–H and O–H groups in total. The zero-order valence-corrected chi connectivity index (χ0v) is 10.8. The number of fused-ring (bicyclic) bond motifs is 1. The van der Waals surface area contributed by atoms with Gasteiger partial charge in [-0.25, -0.2) is 4.79 Å². The summed E-state index contributed by atoms with van der Waals surface area (Å²) in [6.45, 7) is 4.17. The zero-order valence-electron chi connectivity index (χ0n) is 10.8. The van der Waals surface area contributed by atoms with Crippen molar-refractivity contribution in [2.24, 2.45) is 18.2 Å². The molecule has 0 saturated carbocycles. The largest absolute Gasteiger partial charge is 0.419 e. The molecule has 2 aromatic rings. The summed E-state index contributed by atoms with van der Waals surface area (Å²) >= 11 is 0. The summed E-state index contributed by atoms with van der Waals surface area (Å²) in [7, 11) is 1.64. The second kappa shape index (κ2) is 4.26. The Labute approximate surface area is 105 Å². The smallest absolute Gasteiger partial charge is 0.408 e. The third-order valence-corrected chi connectivity index (χ3v) is 3.40. The first-order valence-corrected chi connectivity index (χ1v) is 5.84. The van der Waals surface area contributed by atoms with Gasteiger partial charge in [-0.1, -0.05) is 19.9 Å². The van der Waals surface area contributed by atoms with Gasteiger partial charge in [0.25, 0.3) is 0 Å². The quantitative estimate of drug-likeness (QED) is 0.856. The zero-order chi connectivity index (χ0) is 13.5. The molecular weight excluding hydrogens is 232 g/mol. The molecule has 1 heterocycles. The van der Waals surface area contributed by atoms with Gasteiger partial charge in [0.1, 0.15) is 0 Å². The Morgan fingerprint density at radius 2 is 2.17 bits per heavy atom. The Hall–Kier alpha value is -1.59. The standard InChI is InChI=1S/C13H18N2O3/c1-13(2,7-14)11(16)8-4-5-10-9(6-8)15(3)12(17)18-10/h4-6,11,16H,7,14H2,1-3H3. The fraction of sp³-hybridized carbons (Fsp3) is 0.462. The molecule has 98 valence electrons. The van der Waals surface area contributed by atoms with Crippen LogP contribution in [0.5, 0.6) is 0 Å². The van der Waals surface area contributed by atoms with Crippen LogP contribution in [-0.4, -0.2) is 16.2 Å². The highest BCUT2D eigenvalue weighted by molar-refractivity contribution is 5.73. The molecular formula is C13H18N2O3. The number of oxazole rings is 1. The molecule has 1 unspecified atom stereocenters. The van der Waals surface area contributed by atoms with E-state index in [2.05, 4.69) is 0 Å². The van der Waals surface area contributed by atoms with Crippen LogP contribution in [0.1, 0.15) is 25.5 Å². The molecule has 5 heteroatoms. The van der Waals surface area contributed by atoms with Crippen LogP contribution in [0.25, 0.3) is 11.1 Å². The lowest BCUT2D eigenvalue weighted by atomic mass is 9.83. The molecule has 0 radical (unpaired) electrons. The van der Waals surface area contributed by atoms with Gasteiger partial charge < -0.3 is 15.3 Å². The van der Waals surface area contributed by atoms with Gasteiger partial charge in [-0.2, -0.15) is 0 Å². The van der Waals surface area contributed by atoms with Crippen molar-refractivity contribution in [3.63, 3.8) is 0 Å². The summed E-state index contributed by atoms with van der Waals surface area (Å²) in [5, 5.41) is 10.3. The highest BCUT2D eigenvalue weighted by atomic mass is 16.4. The van der Waals surface area contributed by atoms with Gasteiger partial charge in [-0.3, -0.25) is 4.57 Å². The highest BCUT2D eigenvalue weighted by Crippen LogP contribution is 2.33. The summed E-state index contributed by atoms with van der Waals surface area (Å²) in [5.74, 6) is -0.408. The van der Waals surface area contributed by atoms with E-state index in [1.807, 2.05) is 13.8 Å². The van der Waals surface area contributed by atoms with Gasteiger partial charge in [-0.15, -0.1) is 0 Å². The monoisotopic (exact) mass is 250 g/mol. The van der Waals surface area contributed by atoms with Gasteiger partial charge in [0.15, 0.2) is 5.58 Å². The SMILES string of the molecule is Cn1c(=O)oc2ccc(C(O)C(C)(C)CN)cc21. The minimum atomic E-state index is -0.683. The highest BCUT2D eigenvalue weighted by Gasteiger charge is 2.28. The molecule has 1 aromatic heterocycles. The normalized spacial score (nSPS) is 14.1. The predicted molar refractivity (Wildman–Crippen MR) is 69.3 cm³/mol. The molecule has 0 bridgehead atoms. The van der Waals surface area contributed by atoms with E-state index in [1.165, 1.54) is 4.57 Å². The third-order valence-electron chi connectivity index (χ3n) is 3.40. The maximum atomic E-state index is 11.4. The van der Waals surface area contributed by atoms with E-state index in [4.69, 9.17) is 10.2 Å². The van der Waals surface area contributed by atoms with Gasteiger partial charge >= 0.3 is 5.76 Å². The van der Waals surface area contributed by atoms with E-state index < -0.39 is 17.3 Å². The number of benzene rings is 1. The lowest BCUT2D eigenvalue weighted by molar-refractivity contribution is 0.0556. The van der Waals surface area contributed by atoms with Crippen LogP contribution >= 0.6 is 0 Å². The number of hydrogen-bond donors (Lipinski definition) is 2. The lowest BCUT2D eigenvalue weighted by Crippen LogP contribution is -2.30. The lowest BCUT2D eigenvalue weighted by Gasteiger charge is -2.29. The number of aromatic nitrogens is 1. The van der Waals surface area contributed by atoms with E-state index >= 15 is 0 Å². The van der Waals surface area contributed by atoms with Crippen molar-refractivity contribution in [1.29, 1.82) is 0 Å². The molecule has 0 fully saturated rings. The van der Waals surface area contributed by atoms with Crippen LogP contribution in [0.3, 0.4) is 0 Å². The van der Waals surface area contributed by atoms with Gasteiger partial charge in [0, 0.05) is 19.0 Å². The number of nitrogens with zero attached hydrogens (tertiary/aromatic N) is 1. The second-order valence-electron chi connectivity index (χ2n) is 5.25. The summed E-state index contributed by atoms with van der Waals surface area (Å²) in [6, 6.07) is 5.22. The van der Waals surface area contributed by atoms with Crippen molar-refractivity contribution in [2.45, 2.75) is 20.0 Å². The fourth-order valence-electron chi connectivity index (χ4n) is 1.88. The van der Waals surface area contributed by atoms with Crippen molar-refractivity contribution in [3.05, 3.63) is 34.3 Å². The second-order valence-corrected chi connectivity index (χ2v) is 5.25. The summed E-state index contributed by atoms with van der Waals surface area (Å²) in [6.07, 6.45) is -0.683. The Balaban J connectivity index is 2.53. The predicted octanol–water partition coefficient (Wildman–Crippen LogP) is 1.15. The number of aliphatic hydroxyl groups is 1. The van der Waals surface area contributed by atoms with E-state index in [9.17, 15) is 9.90 Å². The first-order chi connectivity index (χ1) is 8.36. The first kappa shape index (κ1) is 12.9. The number of nitrogens with two attached hydrogens (primary N) is 1. The summed E-state index contributed by atoms with van der Waals surface area (Å²) < 4.78 is 6.46. The van der Waals surface area contributed by atoms with Crippen molar-refractivity contribution >= 4 is 11.1 Å². The molecule has 1 aromatic carbocycles. The average Bonchev–Trinajstić information content (AvgIpc) is 2.64. The minimum Gasteiger partial charge on any atom is -0.408 e. The number of aliphatic hydroxyl groups excluding tert-OH is 1. The molecule has 0 saturated heterocycles. The summed E-state index contributed by atoms with van der Waals surface area (Å²) in [5.41, 5.74) is 7.16. The van der Waals surface area contributed by atoms with E-state index in [1.54, 1.807) is 25.2 Å². The molecule has 0 aliphatic rings. The molecule has 0 spiro atoms. The molecule has 0 aliphatic carbocycles. The van der Waals surface area contributed by atoms with E-state index in [0.717, 1.165) is 5.56 Å². The van der Waals surface area contributed by atoms with Crippen LogP contribution < -0.4 is 11.5 Å². The maximum Gasteiger partial charge on any atom is 0.419 e. The Kier molecular flexibility index (Phi) is 3.04. The van der Waals surface area contributed by atoms with Crippen molar-refractivity contribution in [2.75, 3.05) is 6.54 Å². The Morgan fingerprint density at radius 1 is 1.50 bits per heavy atom. The topological polar surface area (TPSA) is 81.4 Å².